The van der Waals surface area contributed by atoms with Crippen LogP contribution in [-0.4, -0.2) is 42.0 Å². The van der Waals surface area contributed by atoms with E-state index in [1.807, 2.05) is 0 Å². The molecule has 0 unspecified atom stereocenters. The number of rotatable bonds is 8. The third-order valence-corrected chi connectivity index (χ3v) is 3.25. The van der Waals surface area contributed by atoms with E-state index in [0.717, 1.165) is 5.56 Å². The summed E-state index contributed by atoms with van der Waals surface area (Å²) in [6.07, 6.45) is 3.34. The molecule has 0 bridgehead atoms. The summed E-state index contributed by atoms with van der Waals surface area (Å²) in [5.74, 6) is 1.56. The average molecular weight is 320 g/mol. The largest absolute Gasteiger partial charge is 0.493 e. The summed E-state index contributed by atoms with van der Waals surface area (Å²) in [4.78, 5) is 15.7. The van der Waals surface area contributed by atoms with Crippen LogP contribution in [0, 0.1) is 0 Å². The van der Waals surface area contributed by atoms with Crippen molar-refractivity contribution in [1.82, 2.24) is 20.1 Å². The summed E-state index contributed by atoms with van der Waals surface area (Å²) in [7, 11) is 4.65. The van der Waals surface area contributed by atoms with Crippen LogP contribution in [-0.2, 0) is 17.9 Å². The smallest absolute Gasteiger partial charge is 0.222 e. The predicted octanol–water partition coefficient (Wildman–Crippen LogP) is 1.01. The van der Waals surface area contributed by atoms with Crippen molar-refractivity contribution >= 4 is 5.91 Å². The summed E-state index contributed by atoms with van der Waals surface area (Å²) >= 11 is 0. The van der Waals surface area contributed by atoms with E-state index < -0.39 is 0 Å². The molecular formula is C15H20N4O4. The molecule has 23 heavy (non-hydrogen) atoms. The molecule has 1 heterocycles. The SMILES string of the molecule is COc1cc(CNC(=O)CCn2cncn2)cc(OC)c1OC. The first kappa shape index (κ1) is 16.6. The van der Waals surface area contributed by atoms with Crippen LogP contribution in [0.5, 0.6) is 17.2 Å². The Morgan fingerprint density at radius 3 is 2.39 bits per heavy atom. The number of hydrogen-bond donors (Lipinski definition) is 1. The molecule has 0 aliphatic carbocycles. The van der Waals surface area contributed by atoms with Crippen LogP contribution >= 0.6 is 0 Å². The Kier molecular flexibility index (Phi) is 5.79. The Morgan fingerprint density at radius 2 is 1.87 bits per heavy atom. The Hall–Kier alpha value is -2.77. The van der Waals surface area contributed by atoms with E-state index in [1.54, 1.807) is 44.5 Å². The van der Waals surface area contributed by atoms with Crippen LogP contribution in [0.2, 0.25) is 0 Å². The lowest BCUT2D eigenvalue weighted by atomic mass is 10.1. The molecule has 0 saturated heterocycles. The molecular weight excluding hydrogens is 300 g/mol. The summed E-state index contributed by atoms with van der Waals surface area (Å²) < 4.78 is 17.4. The third kappa shape index (κ3) is 4.35. The Labute approximate surface area is 134 Å². The number of aryl methyl sites for hydroxylation is 1. The number of benzene rings is 1. The van der Waals surface area contributed by atoms with Gasteiger partial charge in [-0.15, -0.1) is 0 Å². The molecule has 0 aliphatic heterocycles. The zero-order valence-corrected chi connectivity index (χ0v) is 13.4. The molecule has 1 aromatic carbocycles. The van der Waals surface area contributed by atoms with Crippen molar-refractivity contribution in [3.05, 3.63) is 30.4 Å². The molecule has 2 rings (SSSR count). The quantitative estimate of drug-likeness (QED) is 0.781. The van der Waals surface area contributed by atoms with Gasteiger partial charge in [-0.1, -0.05) is 0 Å². The lowest BCUT2D eigenvalue weighted by molar-refractivity contribution is -0.121. The molecule has 0 aliphatic rings. The fraction of sp³-hybridized carbons (Fsp3) is 0.400. The van der Waals surface area contributed by atoms with Crippen LogP contribution in [0.4, 0.5) is 0 Å². The maximum Gasteiger partial charge on any atom is 0.222 e. The van der Waals surface area contributed by atoms with Crippen LogP contribution in [0.3, 0.4) is 0 Å². The Bertz CT molecular complexity index is 618. The number of carbonyl (C=O) groups is 1. The van der Waals surface area contributed by atoms with Gasteiger partial charge < -0.3 is 19.5 Å². The molecule has 0 spiro atoms. The zero-order chi connectivity index (χ0) is 16.7. The van der Waals surface area contributed by atoms with E-state index >= 15 is 0 Å². The molecule has 1 amide bonds. The van der Waals surface area contributed by atoms with Gasteiger partial charge in [0.2, 0.25) is 11.7 Å². The van der Waals surface area contributed by atoms with Crippen LogP contribution < -0.4 is 19.5 Å². The van der Waals surface area contributed by atoms with Gasteiger partial charge in [0.1, 0.15) is 12.7 Å². The van der Waals surface area contributed by atoms with E-state index in [9.17, 15) is 4.79 Å². The standard InChI is InChI=1S/C15H20N4O4/c1-21-12-6-11(7-13(22-2)15(12)23-3)8-17-14(20)4-5-19-10-16-9-18-19/h6-7,9-10H,4-5,8H2,1-3H3,(H,17,20). The number of nitrogens with zero attached hydrogens (tertiary/aromatic N) is 3. The van der Waals surface area contributed by atoms with Crippen molar-refractivity contribution in [3.8, 4) is 17.2 Å². The van der Waals surface area contributed by atoms with Gasteiger partial charge in [0.05, 0.1) is 27.9 Å². The van der Waals surface area contributed by atoms with Crippen molar-refractivity contribution in [2.24, 2.45) is 0 Å². The highest BCUT2D eigenvalue weighted by atomic mass is 16.5. The fourth-order valence-electron chi connectivity index (χ4n) is 2.09. The highest BCUT2D eigenvalue weighted by molar-refractivity contribution is 5.75. The van der Waals surface area contributed by atoms with Crippen molar-refractivity contribution < 1.29 is 19.0 Å². The highest BCUT2D eigenvalue weighted by Gasteiger charge is 2.13. The minimum absolute atomic E-state index is 0.0748. The van der Waals surface area contributed by atoms with E-state index in [-0.39, 0.29) is 5.91 Å². The van der Waals surface area contributed by atoms with Crippen molar-refractivity contribution in [2.45, 2.75) is 19.5 Å². The first-order valence-corrected chi connectivity index (χ1v) is 7.06. The lowest BCUT2D eigenvalue weighted by Gasteiger charge is -2.14. The van der Waals surface area contributed by atoms with Gasteiger partial charge in [-0.3, -0.25) is 9.48 Å². The number of aromatic nitrogens is 3. The van der Waals surface area contributed by atoms with E-state index in [4.69, 9.17) is 14.2 Å². The number of hydrogen-bond acceptors (Lipinski definition) is 6. The number of methoxy groups -OCH3 is 3. The van der Waals surface area contributed by atoms with Crippen molar-refractivity contribution in [1.29, 1.82) is 0 Å². The summed E-state index contributed by atoms with van der Waals surface area (Å²) in [5.41, 5.74) is 0.855. The molecule has 1 N–H and O–H groups in total. The van der Waals surface area contributed by atoms with Gasteiger partial charge in [0, 0.05) is 13.0 Å². The van der Waals surface area contributed by atoms with Gasteiger partial charge in [0.25, 0.3) is 0 Å². The number of carbonyl (C=O) groups excluding carboxylic acids is 1. The van der Waals surface area contributed by atoms with Crippen molar-refractivity contribution in [3.63, 3.8) is 0 Å². The normalized spacial score (nSPS) is 10.2. The molecule has 1 aromatic heterocycles. The summed E-state index contributed by atoms with van der Waals surface area (Å²) in [6.45, 7) is 0.855. The molecule has 2 aromatic rings. The minimum Gasteiger partial charge on any atom is -0.493 e. The number of ether oxygens (including phenoxy) is 3. The van der Waals surface area contributed by atoms with Crippen LogP contribution in [0.25, 0.3) is 0 Å². The number of nitrogens with one attached hydrogen (secondary N) is 1. The van der Waals surface area contributed by atoms with E-state index in [0.29, 0.717) is 36.8 Å². The second-order valence-electron chi connectivity index (χ2n) is 4.72. The topological polar surface area (TPSA) is 87.5 Å². The summed E-state index contributed by atoms with van der Waals surface area (Å²) in [6, 6.07) is 3.61. The maximum absolute atomic E-state index is 11.9. The molecule has 124 valence electrons. The molecule has 0 fully saturated rings. The van der Waals surface area contributed by atoms with Crippen LogP contribution in [0.15, 0.2) is 24.8 Å². The molecule has 0 radical (unpaired) electrons. The summed E-state index contributed by atoms with van der Waals surface area (Å²) in [5, 5.41) is 6.80. The van der Waals surface area contributed by atoms with Gasteiger partial charge in [-0.25, -0.2) is 4.98 Å². The third-order valence-electron chi connectivity index (χ3n) is 3.25. The minimum atomic E-state index is -0.0748. The molecule has 8 heteroatoms. The van der Waals surface area contributed by atoms with Crippen LogP contribution in [0.1, 0.15) is 12.0 Å². The average Bonchev–Trinajstić information content (AvgIpc) is 3.10. The molecule has 0 saturated carbocycles. The maximum atomic E-state index is 11.9. The van der Waals surface area contributed by atoms with Gasteiger partial charge in [-0.05, 0) is 17.7 Å². The zero-order valence-electron chi connectivity index (χ0n) is 13.4. The van der Waals surface area contributed by atoms with Crippen molar-refractivity contribution in [2.75, 3.05) is 21.3 Å². The van der Waals surface area contributed by atoms with E-state index in [2.05, 4.69) is 15.4 Å². The lowest BCUT2D eigenvalue weighted by Crippen LogP contribution is -2.24. The molecule has 0 atom stereocenters. The Morgan fingerprint density at radius 1 is 1.17 bits per heavy atom. The second-order valence-corrected chi connectivity index (χ2v) is 4.72. The van der Waals surface area contributed by atoms with Gasteiger partial charge in [0.15, 0.2) is 11.5 Å². The monoisotopic (exact) mass is 320 g/mol. The fourth-order valence-corrected chi connectivity index (χ4v) is 2.09. The van der Waals surface area contributed by atoms with E-state index in [1.165, 1.54) is 6.33 Å². The molecule has 8 nitrogen and oxygen atoms in total. The number of amides is 1. The second kappa shape index (κ2) is 8.02. The predicted molar refractivity (Wildman–Crippen MR) is 82.6 cm³/mol. The highest BCUT2D eigenvalue weighted by Crippen LogP contribution is 2.38. The van der Waals surface area contributed by atoms with Gasteiger partial charge in [-0.2, -0.15) is 5.10 Å². The Balaban J connectivity index is 1.95. The first-order valence-electron chi connectivity index (χ1n) is 7.06. The van der Waals surface area contributed by atoms with Gasteiger partial charge >= 0.3 is 0 Å². The first-order chi connectivity index (χ1) is 11.2.